The Balaban J connectivity index is 1.56. The van der Waals surface area contributed by atoms with Gasteiger partial charge in [-0.05, 0) is 58.7 Å². The molecule has 5 heteroatoms. The number of nitrogens with one attached hydrogen (secondary N) is 1. The largest absolute Gasteiger partial charge is 0.353 e. The molecule has 1 amide bonds. The number of benzene rings is 1. The maximum absolute atomic E-state index is 13.8. The van der Waals surface area contributed by atoms with Gasteiger partial charge < -0.3 is 11.1 Å². The summed E-state index contributed by atoms with van der Waals surface area (Å²) in [5, 5.41) is 3.02. The summed E-state index contributed by atoms with van der Waals surface area (Å²) in [6.07, 6.45) is 3.16. The average molecular weight is 341 g/mol. The van der Waals surface area contributed by atoms with E-state index in [-0.39, 0.29) is 24.2 Å². The van der Waals surface area contributed by atoms with Gasteiger partial charge in [-0.25, -0.2) is 4.39 Å². The molecule has 3 nitrogen and oxygen atoms in total. The molecule has 2 saturated carbocycles. The normalized spacial score (nSPS) is 31.6. The van der Waals surface area contributed by atoms with E-state index < -0.39 is 0 Å². The van der Waals surface area contributed by atoms with E-state index >= 15 is 0 Å². The standard InChI is InChI=1S/C15H18BrFN2O/c16-12-3-1-2-8(15(12)17)6-14(20)19-10-4-9-5-13(18)11(9)7-10/h1-3,9-11,13H,4-7,18H2,(H,19,20)/t9-,10+,11-,13+/m0/s1. The van der Waals surface area contributed by atoms with Crippen molar-refractivity contribution in [1.29, 1.82) is 0 Å². The molecule has 20 heavy (non-hydrogen) atoms. The van der Waals surface area contributed by atoms with Gasteiger partial charge in [-0.1, -0.05) is 12.1 Å². The molecular formula is C15H18BrFN2O. The van der Waals surface area contributed by atoms with Crippen molar-refractivity contribution < 1.29 is 9.18 Å². The monoisotopic (exact) mass is 340 g/mol. The summed E-state index contributed by atoms with van der Waals surface area (Å²) in [4.78, 5) is 12.0. The first kappa shape index (κ1) is 14.0. The Labute approximate surface area is 126 Å². The Morgan fingerprint density at radius 2 is 2.20 bits per heavy atom. The number of hydrogen-bond acceptors (Lipinski definition) is 2. The van der Waals surface area contributed by atoms with Gasteiger partial charge in [0.1, 0.15) is 5.82 Å². The lowest BCUT2D eigenvalue weighted by Crippen LogP contribution is -2.44. The minimum Gasteiger partial charge on any atom is -0.353 e. The Hall–Kier alpha value is -0.940. The van der Waals surface area contributed by atoms with Gasteiger partial charge in [0.2, 0.25) is 5.91 Å². The molecule has 4 atom stereocenters. The van der Waals surface area contributed by atoms with E-state index in [0.29, 0.717) is 27.9 Å². The van der Waals surface area contributed by atoms with Crippen molar-refractivity contribution in [3.05, 3.63) is 34.1 Å². The fraction of sp³-hybridized carbons (Fsp3) is 0.533. The van der Waals surface area contributed by atoms with Crippen LogP contribution in [0.1, 0.15) is 24.8 Å². The van der Waals surface area contributed by atoms with Crippen molar-refractivity contribution >= 4 is 21.8 Å². The van der Waals surface area contributed by atoms with E-state index in [1.807, 2.05) is 0 Å². The third kappa shape index (κ3) is 2.61. The molecule has 1 aromatic carbocycles. The van der Waals surface area contributed by atoms with Crippen LogP contribution in [0.3, 0.4) is 0 Å². The number of carbonyl (C=O) groups is 1. The molecule has 3 N–H and O–H groups in total. The van der Waals surface area contributed by atoms with Crippen LogP contribution in [0.5, 0.6) is 0 Å². The lowest BCUT2D eigenvalue weighted by Gasteiger charge is -2.37. The van der Waals surface area contributed by atoms with Gasteiger partial charge in [-0.3, -0.25) is 4.79 Å². The predicted molar refractivity (Wildman–Crippen MR) is 78.5 cm³/mol. The van der Waals surface area contributed by atoms with Crippen molar-refractivity contribution in [3.63, 3.8) is 0 Å². The molecule has 1 aromatic rings. The highest BCUT2D eigenvalue weighted by Crippen LogP contribution is 2.45. The first-order valence-corrected chi connectivity index (χ1v) is 7.81. The Bertz CT molecular complexity index is 537. The second-order valence-electron chi connectivity index (χ2n) is 5.95. The number of halogens is 2. The van der Waals surface area contributed by atoms with Crippen molar-refractivity contribution in [2.45, 2.75) is 37.8 Å². The van der Waals surface area contributed by atoms with Crippen molar-refractivity contribution in [2.24, 2.45) is 17.6 Å². The van der Waals surface area contributed by atoms with Gasteiger partial charge in [0.25, 0.3) is 0 Å². The van der Waals surface area contributed by atoms with Crippen LogP contribution < -0.4 is 11.1 Å². The minimum absolute atomic E-state index is 0.0865. The molecule has 0 bridgehead atoms. The van der Waals surface area contributed by atoms with Gasteiger partial charge >= 0.3 is 0 Å². The fourth-order valence-electron chi connectivity index (χ4n) is 3.54. The van der Waals surface area contributed by atoms with Crippen molar-refractivity contribution in [3.8, 4) is 0 Å². The fourth-order valence-corrected chi connectivity index (χ4v) is 3.94. The van der Waals surface area contributed by atoms with Gasteiger partial charge in [0, 0.05) is 12.1 Å². The second-order valence-corrected chi connectivity index (χ2v) is 6.80. The summed E-state index contributed by atoms with van der Waals surface area (Å²) in [6.45, 7) is 0. The highest BCUT2D eigenvalue weighted by Gasteiger charge is 2.46. The SMILES string of the molecule is N[C@@H]1C[C@@H]2C[C@@H](NC(=O)Cc3cccc(Br)c3F)C[C@@H]21. The molecular weight excluding hydrogens is 323 g/mol. The Kier molecular flexibility index (Phi) is 3.82. The maximum atomic E-state index is 13.8. The molecule has 0 aromatic heterocycles. The topological polar surface area (TPSA) is 55.1 Å². The first-order valence-electron chi connectivity index (χ1n) is 7.02. The van der Waals surface area contributed by atoms with Crippen LogP contribution in [0.15, 0.2) is 22.7 Å². The zero-order chi connectivity index (χ0) is 14.3. The molecule has 0 saturated heterocycles. The van der Waals surface area contributed by atoms with E-state index in [0.717, 1.165) is 19.3 Å². The van der Waals surface area contributed by atoms with E-state index in [1.165, 1.54) is 0 Å². The van der Waals surface area contributed by atoms with Gasteiger partial charge in [0.05, 0.1) is 10.9 Å². The van der Waals surface area contributed by atoms with Crippen LogP contribution in [0.2, 0.25) is 0 Å². The minimum atomic E-state index is -0.351. The highest BCUT2D eigenvalue weighted by molar-refractivity contribution is 9.10. The molecule has 2 aliphatic rings. The van der Waals surface area contributed by atoms with Gasteiger partial charge in [-0.15, -0.1) is 0 Å². The summed E-state index contributed by atoms with van der Waals surface area (Å²) in [5.74, 6) is 0.791. The second kappa shape index (κ2) is 5.45. The van der Waals surface area contributed by atoms with Gasteiger partial charge in [0.15, 0.2) is 0 Å². The van der Waals surface area contributed by atoms with Crippen LogP contribution in [0, 0.1) is 17.7 Å². The number of amides is 1. The lowest BCUT2D eigenvalue weighted by atomic mass is 9.72. The van der Waals surface area contributed by atoms with Crippen molar-refractivity contribution in [2.75, 3.05) is 0 Å². The first-order chi connectivity index (χ1) is 9.54. The summed E-state index contributed by atoms with van der Waals surface area (Å²) >= 11 is 3.13. The lowest BCUT2D eigenvalue weighted by molar-refractivity contribution is -0.121. The zero-order valence-corrected chi connectivity index (χ0v) is 12.7. The van der Waals surface area contributed by atoms with E-state index in [1.54, 1.807) is 18.2 Å². The van der Waals surface area contributed by atoms with Gasteiger partial charge in [-0.2, -0.15) is 0 Å². The summed E-state index contributed by atoms with van der Waals surface area (Å²) in [5.41, 5.74) is 6.37. The van der Waals surface area contributed by atoms with Crippen LogP contribution in [0.4, 0.5) is 4.39 Å². The van der Waals surface area contributed by atoms with Crippen LogP contribution in [-0.4, -0.2) is 18.0 Å². The molecule has 3 rings (SSSR count). The number of hydrogen-bond donors (Lipinski definition) is 2. The average Bonchev–Trinajstić information content (AvgIpc) is 2.72. The number of nitrogens with two attached hydrogens (primary N) is 1. The van der Waals surface area contributed by atoms with E-state index in [9.17, 15) is 9.18 Å². The molecule has 0 radical (unpaired) electrons. The van der Waals surface area contributed by atoms with E-state index in [2.05, 4.69) is 21.2 Å². The number of carbonyl (C=O) groups excluding carboxylic acids is 1. The number of rotatable bonds is 3. The van der Waals surface area contributed by atoms with Crippen LogP contribution >= 0.6 is 15.9 Å². The summed E-state index contributed by atoms with van der Waals surface area (Å²) < 4.78 is 14.2. The molecule has 0 aliphatic heterocycles. The summed E-state index contributed by atoms with van der Waals surface area (Å²) in [7, 11) is 0. The smallest absolute Gasteiger partial charge is 0.224 e. The molecule has 0 spiro atoms. The zero-order valence-electron chi connectivity index (χ0n) is 11.1. The summed E-state index contributed by atoms with van der Waals surface area (Å²) in [6, 6.07) is 5.54. The molecule has 2 fully saturated rings. The predicted octanol–water partition coefficient (Wildman–Crippen LogP) is 2.37. The van der Waals surface area contributed by atoms with E-state index in [4.69, 9.17) is 5.73 Å². The third-order valence-electron chi connectivity index (χ3n) is 4.62. The number of fused-ring (bicyclic) bond motifs is 1. The Morgan fingerprint density at radius 1 is 1.40 bits per heavy atom. The third-order valence-corrected chi connectivity index (χ3v) is 5.23. The molecule has 2 aliphatic carbocycles. The van der Waals surface area contributed by atoms with Crippen molar-refractivity contribution in [1.82, 2.24) is 5.32 Å². The van der Waals surface area contributed by atoms with Crippen LogP contribution in [-0.2, 0) is 11.2 Å². The highest BCUT2D eigenvalue weighted by atomic mass is 79.9. The molecule has 108 valence electrons. The molecule has 0 unspecified atom stereocenters. The Morgan fingerprint density at radius 3 is 2.90 bits per heavy atom. The quantitative estimate of drug-likeness (QED) is 0.887. The maximum Gasteiger partial charge on any atom is 0.224 e. The molecule has 0 heterocycles. The van der Waals surface area contributed by atoms with Crippen LogP contribution in [0.25, 0.3) is 0 Å².